The van der Waals surface area contributed by atoms with Gasteiger partial charge in [-0.15, -0.1) is 0 Å². The van der Waals surface area contributed by atoms with Crippen LogP contribution in [-0.4, -0.2) is 16.8 Å². The lowest BCUT2D eigenvalue weighted by molar-refractivity contribution is 0.592. The minimum absolute atomic E-state index is 0.258. The van der Waals surface area contributed by atoms with Crippen molar-refractivity contribution in [2.45, 2.75) is 4.90 Å². The van der Waals surface area contributed by atoms with Gasteiger partial charge in [-0.25, -0.2) is 30.7 Å². The number of halogens is 3. The maximum absolute atomic E-state index is 13.3. The molecule has 2 aromatic rings. The van der Waals surface area contributed by atoms with E-state index in [-0.39, 0.29) is 10.7 Å². The average Bonchev–Trinajstić information content (AvgIpc) is 2.50. The fourth-order valence-electron chi connectivity index (χ4n) is 1.90. The minimum atomic E-state index is -4.35. The van der Waals surface area contributed by atoms with Crippen molar-refractivity contribution in [3.8, 4) is 0 Å². The molecule has 0 bridgehead atoms. The van der Waals surface area contributed by atoms with Gasteiger partial charge in [0.25, 0.3) is 0 Å². The van der Waals surface area contributed by atoms with Crippen molar-refractivity contribution < 1.29 is 21.2 Å². The molecule has 0 unspecified atom stereocenters. The summed E-state index contributed by atoms with van der Waals surface area (Å²) >= 11 is 11.7. The third-order valence-corrected chi connectivity index (χ3v) is 5.38. The van der Waals surface area contributed by atoms with Gasteiger partial charge in [0, 0.05) is 6.20 Å². The van der Waals surface area contributed by atoms with Gasteiger partial charge >= 0.3 is 0 Å². The number of thiol groups is 1. The maximum Gasteiger partial charge on any atom is 0.240 e. The van der Waals surface area contributed by atoms with E-state index in [1.807, 2.05) is 0 Å². The molecule has 2 rings (SSSR count). The van der Waals surface area contributed by atoms with Crippen LogP contribution in [0.4, 0.5) is 10.1 Å². The number of benzene rings is 2. The highest BCUT2D eigenvalue weighted by atomic mass is 35.5. The molecule has 0 amide bonds. The van der Waals surface area contributed by atoms with E-state index in [1.54, 1.807) is 6.07 Å². The fourth-order valence-corrected chi connectivity index (χ4v) is 3.54. The molecule has 0 fully saturated rings. The van der Waals surface area contributed by atoms with Crippen molar-refractivity contribution in [1.29, 1.82) is 0 Å². The van der Waals surface area contributed by atoms with E-state index < -0.39 is 31.6 Å². The van der Waals surface area contributed by atoms with Crippen LogP contribution in [0.1, 0.15) is 5.56 Å². The van der Waals surface area contributed by atoms with Crippen molar-refractivity contribution in [1.82, 2.24) is 0 Å². The van der Waals surface area contributed by atoms with Gasteiger partial charge in [0.2, 0.25) is 20.9 Å². The van der Waals surface area contributed by atoms with Crippen LogP contribution >= 0.6 is 23.2 Å². The SMILES string of the molecule is NS(=O)(=O)c1cc(F)ccc1N(C=Cc1ccc(Cl)c(Cl)c1)[SH](=O)=O. The first-order chi connectivity index (χ1) is 11.6. The predicted molar refractivity (Wildman–Crippen MR) is 96.1 cm³/mol. The van der Waals surface area contributed by atoms with Crippen LogP contribution in [0.3, 0.4) is 0 Å². The summed E-state index contributed by atoms with van der Waals surface area (Å²) in [5, 5.41) is 5.61. The van der Waals surface area contributed by atoms with Crippen molar-refractivity contribution in [2.24, 2.45) is 5.14 Å². The molecule has 25 heavy (non-hydrogen) atoms. The maximum atomic E-state index is 13.3. The Morgan fingerprint density at radius 2 is 1.76 bits per heavy atom. The van der Waals surface area contributed by atoms with Gasteiger partial charge in [0.15, 0.2) is 0 Å². The summed E-state index contributed by atoms with van der Waals surface area (Å²) in [4.78, 5) is -0.662. The van der Waals surface area contributed by atoms with E-state index in [9.17, 15) is 21.2 Å². The summed E-state index contributed by atoms with van der Waals surface area (Å²) in [6.45, 7) is 0. The van der Waals surface area contributed by atoms with E-state index >= 15 is 0 Å². The summed E-state index contributed by atoms with van der Waals surface area (Å²) < 4.78 is 60.3. The lowest BCUT2D eigenvalue weighted by Gasteiger charge is -2.16. The summed E-state index contributed by atoms with van der Waals surface area (Å²) in [7, 11) is -7.63. The van der Waals surface area contributed by atoms with Gasteiger partial charge in [-0.1, -0.05) is 29.3 Å². The highest BCUT2D eigenvalue weighted by Gasteiger charge is 2.20. The Labute approximate surface area is 155 Å². The van der Waals surface area contributed by atoms with Gasteiger partial charge in [-0.3, -0.25) is 0 Å². The quantitative estimate of drug-likeness (QED) is 0.720. The molecule has 0 saturated heterocycles. The molecular weight excluding hydrogens is 414 g/mol. The average molecular weight is 425 g/mol. The second-order valence-corrected chi connectivity index (χ2v) is 7.98. The number of nitrogens with zero attached hydrogens (tertiary/aromatic N) is 1. The number of sulfonamides is 1. The third-order valence-electron chi connectivity index (χ3n) is 3.00. The van der Waals surface area contributed by atoms with E-state index in [1.165, 1.54) is 18.2 Å². The number of primary sulfonamides is 1. The highest BCUT2D eigenvalue weighted by Crippen LogP contribution is 2.27. The number of anilines is 1. The number of hydrogen-bond donors (Lipinski definition) is 2. The van der Waals surface area contributed by atoms with Crippen LogP contribution in [0.2, 0.25) is 10.0 Å². The molecule has 0 aromatic heterocycles. The normalized spacial score (nSPS) is 12.0. The van der Waals surface area contributed by atoms with Crippen molar-refractivity contribution in [3.63, 3.8) is 0 Å². The summed E-state index contributed by atoms with van der Waals surface area (Å²) in [6, 6.07) is 7.14. The smallest absolute Gasteiger partial charge is 0.240 e. The molecule has 0 atom stereocenters. The molecule has 6 nitrogen and oxygen atoms in total. The molecule has 0 aliphatic heterocycles. The van der Waals surface area contributed by atoms with Gasteiger partial charge in [0.05, 0.1) is 15.7 Å². The molecule has 11 heteroatoms. The first-order valence-electron chi connectivity index (χ1n) is 6.49. The zero-order chi connectivity index (χ0) is 18.8. The summed E-state index contributed by atoms with van der Waals surface area (Å²) in [5.74, 6) is -0.873. The Balaban J connectivity index is 2.53. The standard InChI is InChI=1S/C14H11Cl2FN2O4S2/c15-11-3-1-9(7-12(11)16)5-6-19(24(20)21)13-4-2-10(17)8-14(13)25(18,22)23/h1-8,24H,(H2,18,22,23). The summed E-state index contributed by atoms with van der Waals surface area (Å²) in [6.07, 6.45) is 2.46. The Kier molecular flexibility index (Phi) is 6.07. The predicted octanol–water partition coefficient (Wildman–Crippen LogP) is 2.78. The fraction of sp³-hybridized carbons (Fsp3) is 0. The molecular formula is C14H11Cl2FN2O4S2. The molecule has 0 aliphatic carbocycles. The number of hydrogen-bond acceptors (Lipinski definition) is 4. The first-order valence-corrected chi connectivity index (χ1v) is 9.92. The first kappa shape index (κ1) is 19.7. The Morgan fingerprint density at radius 3 is 2.32 bits per heavy atom. The number of rotatable bonds is 5. The Morgan fingerprint density at radius 1 is 1.08 bits per heavy atom. The monoisotopic (exact) mass is 424 g/mol. The number of nitrogens with two attached hydrogens (primary N) is 1. The van der Waals surface area contributed by atoms with E-state index in [0.717, 1.165) is 18.3 Å². The molecule has 0 aliphatic rings. The molecule has 2 aromatic carbocycles. The van der Waals surface area contributed by atoms with Crippen LogP contribution in [0.25, 0.3) is 6.08 Å². The van der Waals surface area contributed by atoms with Crippen LogP contribution in [-0.2, 0) is 20.9 Å². The zero-order valence-corrected chi connectivity index (χ0v) is 15.5. The second-order valence-electron chi connectivity index (χ2n) is 4.73. The van der Waals surface area contributed by atoms with Crippen LogP contribution < -0.4 is 9.44 Å². The van der Waals surface area contributed by atoms with Gasteiger partial charge in [0.1, 0.15) is 10.7 Å². The van der Waals surface area contributed by atoms with Crippen LogP contribution in [0, 0.1) is 5.82 Å². The molecule has 2 N–H and O–H groups in total. The lowest BCUT2D eigenvalue weighted by atomic mass is 10.2. The third kappa shape index (κ3) is 4.93. The topological polar surface area (TPSA) is 97.5 Å². The molecule has 134 valence electrons. The molecule has 0 saturated carbocycles. The Hall–Kier alpha value is -1.65. The van der Waals surface area contributed by atoms with Crippen molar-refractivity contribution in [3.05, 3.63) is 64.0 Å². The molecule has 0 radical (unpaired) electrons. The van der Waals surface area contributed by atoms with Crippen molar-refractivity contribution in [2.75, 3.05) is 4.31 Å². The van der Waals surface area contributed by atoms with E-state index in [4.69, 9.17) is 28.3 Å². The second kappa shape index (κ2) is 7.71. The Bertz CT molecular complexity index is 1020. The largest absolute Gasteiger partial charge is 0.246 e. The van der Waals surface area contributed by atoms with E-state index in [0.29, 0.717) is 21.0 Å². The minimum Gasteiger partial charge on any atom is -0.246 e. The van der Waals surface area contributed by atoms with Gasteiger partial charge in [-0.2, -0.15) is 0 Å². The zero-order valence-electron chi connectivity index (χ0n) is 12.3. The van der Waals surface area contributed by atoms with Gasteiger partial charge in [-0.05, 0) is 42.0 Å². The highest BCUT2D eigenvalue weighted by molar-refractivity contribution is 7.89. The summed E-state index contributed by atoms with van der Waals surface area (Å²) in [5.41, 5.74) is 0.201. The molecule has 0 spiro atoms. The van der Waals surface area contributed by atoms with Crippen LogP contribution in [0.5, 0.6) is 0 Å². The van der Waals surface area contributed by atoms with Gasteiger partial charge < -0.3 is 0 Å². The lowest BCUT2D eigenvalue weighted by Crippen LogP contribution is -2.20. The molecule has 0 heterocycles. The van der Waals surface area contributed by atoms with Crippen molar-refractivity contribution >= 4 is 55.9 Å². The van der Waals surface area contributed by atoms with E-state index in [2.05, 4.69) is 0 Å². The van der Waals surface area contributed by atoms with Crippen LogP contribution in [0.15, 0.2) is 47.5 Å².